The summed E-state index contributed by atoms with van der Waals surface area (Å²) in [6.07, 6.45) is 1.03. The van der Waals surface area contributed by atoms with Gasteiger partial charge in [0.15, 0.2) is 11.5 Å². The van der Waals surface area contributed by atoms with E-state index >= 15 is 0 Å². The van der Waals surface area contributed by atoms with Crippen molar-refractivity contribution in [3.8, 4) is 11.5 Å². The summed E-state index contributed by atoms with van der Waals surface area (Å²) in [6, 6.07) is 11.8. The molecule has 2 aromatic rings. The highest BCUT2D eigenvalue weighted by atomic mass is 16.5. The number of amides is 1. The number of fused-ring (bicyclic) bond motifs is 1. The van der Waals surface area contributed by atoms with Gasteiger partial charge in [0.2, 0.25) is 0 Å². The van der Waals surface area contributed by atoms with Crippen LogP contribution in [0.3, 0.4) is 0 Å². The minimum absolute atomic E-state index is 0.287. The predicted octanol–water partition coefficient (Wildman–Crippen LogP) is 2.92. The van der Waals surface area contributed by atoms with Crippen LogP contribution in [0, 0.1) is 0 Å². The molecule has 148 valence electrons. The fourth-order valence-electron chi connectivity index (χ4n) is 3.41. The fourth-order valence-corrected chi connectivity index (χ4v) is 3.41. The zero-order valence-corrected chi connectivity index (χ0v) is 16.6. The largest absolute Gasteiger partial charge is 0.493 e. The molecule has 1 unspecified atom stereocenters. The molecule has 0 radical (unpaired) electrons. The van der Waals surface area contributed by atoms with Crippen molar-refractivity contribution >= 4 is 11.9 Å². The van der Waals surface area contributed by atoms with Gasteiger partial charge in [-0.25, -0.2) is 4.79 Å². The normalized spacial score (nSPS) is 15.1. The molecule has 0 fully saturated rings. The van der Waals surface area contributed by atoms with Gasteiger partial charge in [0.25, 0.3) is 5.91 Å². The maximum absolute atomic E-state index is 12.5. The first-order valence-electron chi connectivity index (χ1n) is 9.15. The maximum atomic E-state index is 12.5. The summed E-state index contributed by atoms with van der Waals surface area (Å²) in [5, 5.41) is 2.77. The average molecular weight is 383 g/mol. The van der Waals surface area contributed by atoms with E-state index in [2.05, 4.69) is 5.32 Å². The number of methoxy groups -OCH3 is 2. The van der Waals surface area contributed by atoms with Crippen LogP contribution in [0.25, 0.3) is 0 Å². The van der Waals surface area contributed by atoms with E-state index in [1.54, 1.807) is 31.4 Å². The first-order chi connectivity index (χ1) is 13.3. The lowest BCUT2D eigenvalue weighted by molar-refractivity contribution is -0.142. The molecule has 0 aromatic heterocycles. The lowest BCUT2D eigenvalue weighted by Gasteiger charge is -2.18. The zero-order valence-electron chi connectivity index (χ0n) is 16.6. The molecular weight excluding hydrogens is 358 g/mol. The molecule has 0 saturated heterocycles. The second-order valence-corrected chi connectivity index (χ2v) is 7.44. The Hall–Kier alpha value is -3.02. The van der Waals surface area contributed by atoms with Gasteiger partial charge in [-0.3, -0.25) is 4.79 Å². The van der Waals surface area contributed by atoms with Gasteiger partial charge in [-0.05, 0) is 37.6 Å². The number of nitrogens with one attached hydrogen (secondary N) is 1. The Morgan fingerprint density at radius 2 is 1.89 bits per heavy atom. The third-order valence-electron chi connectivity index (χ3n) is 4.67. The molecule has 2 aromatic carbocycles. The maximum Gasteiger partial charge on any atom is 0.328 e. The summed E-state index contributed by atoms with van der Waals surface area (Å²) in [4.78, 5) is 24.8. The molecule has 0 saturated carbocycles. The molecule has 1 heterocycles. The smallest absolute Gasteiger partial charge is 0.328 e. The molecule has 0 spiro atoms. The second-order valence-electron chi connectivity index (χ2n) is 7.44. The van der Waals surface area contributed by atoms with Crippen LogP contribution in [-0.4, -0.2) is 37.7 Å². The van der Waals surface area contributed by atoms with Gasteiger partial charge in [-0.2, -0.15) is 0 Å². The van der Waals surface area contributed by atoms with Crippen LogP contribution in [0.2, 0.25) is 0 Å². The lowest BCUT2D eigenvalue weighted by atomic mass is 9.97. The van der Waals surface area contributed by atoms with Crippen molar-refractivity contribution in [1.29, 1.82) is 0 Å². The van der Waals surface area contributed by atoms with Crippen LogP contribution >= 0.6 is 0 Å². The molecule has 3 rings (SSSR count). The number of rotatable bonds is 6. The van der Waals surface area contributed by atoms with E-state index in [4.69, 9.17) is 14.2 Å². The average Bonchev–Trinajstić information content (AvgIpc) is 3.00. The molecule has 6 nitrogen and oxygen atoms in total. The lowest BCUT2D eigenvalue weighted by Crippen LogP contribution is -2.43. The Morgan fingerprint density at radius 3 is 2.54 bits per heavy atom. The van der Waals surface area contributed by atoms with Crippen LogP contribution in [-0.2, 0) is 22.4 Å². The van der Waals surface area contributed by atoms with Gasteiger partial charge in [0, 0.05) is 24.0 Å². The van der Waals surface area contributed by atoms with Gasteiger partial charge >= 0.3 is 5.97 Å². The van der Waals surface area contributed by atoms with E-state index in [0.717, 1.165) is 23.3 Å². The molecule has 1 amide bonds. The van der Waals surface area contributed by atoms with Crippen molar-refractivity contribution in [1.82, 2.24) is 5.32 Å². The van der Waals surface area contributed by atoms with E-state index < -0.39 is 12.0 Å². The SMILES string of the molecule is COC(=O)C(Cc1cc2c(c(OC)c1)OC(C)(C)C2)NC(=O)c1ccccc1. The summed E-state index contributed by atoms with van der Waals surface area (Å²) < 4.78 is 16.4. The number of carbonyl (C=O) groups excluding carboxylic acids is 2. The Kier molecular flexibility index (Phi) is 5.58. The fraction of sp³-hybridized carbons (Fsp3) is 0.364. The molecule has 0 aliphatic carbocycles. The number of benzene rings is 2. The molecule has 28 heavy (non-hydrogen) atoms. The van der Waals surface area contributed by atoms with Crippen LogP contribution < -0.4 is 14.8 Å². The van der Waals surface area contributed by atoms with Gasteiger partial charge in [0.1, 0.15) is 11.6 Å². The van der Waals surface area contributed by atoms with Crippen molar-refractivity contribution in [3.05, 3.63) is 59.2 Å². The summed E-state index contributed by atoms with van der Waals surface area (Å²) >= 11 is 0. The Labute approximate surface area is 164 Å². The van der Waals surface area contributed by atoms with Crippen LogP contribution in [0.1, 0.15) is 35.3 Å². The second kappa shape index (κ2) is 7.92. The van der Waals surface area contributed by atoms with E-state index in [9.17, 15) is 9.59 Å². The van der Waals surface area contributed by atoms with Crippen LogP contribution in [0.15, 0.2) is 42.5 Å². The van der Waals surface area contributed by atoms with Gasteiger partial charge in [-0.1, -0.05) is 24.3 Å². The zero-order chi connectivity index (χ0) is 20.3. The van der Waals surface area contributed by atoms with Crippen molar-refractivity contribution in [3.63, 3.8) is 0 Å². The molecule has 1 N–H and O–H groups in total. The molecule has 6 heteroatoms. The molecular formula is C22H25NO5. The third kappa shape index (κ3) is 4.27. The number of hydrogen-bond donors (Lipinski definition) is 1. The topological polar surface area (TPSA) is 73.9 Å². The predicted molar refractivity (Wildman–Crippen MR) is 105 cm³/mol. The van der Waals surface area contributed by atoms with Gasteiger partial charge in [0.05, 0.1) is 14.2 Å². The van der Waals surface area contributed by atoms with Gasteiger partial charge in [-0.15, -0.1) is 0 Å². The number of carbonyl (C=O) groups is 2. The summed E-state index contributed by atoms with van der Waals surface area (Å²) in [5.74, 6) is 0.532. The molecule has 1 aliphatic heterocycles. The van der Waals surface area contributed by atoms with E-state index in [1.807, 2.05) is 32.0 Å². The Bertz CT molecular complexity index is 876. The van der Waals surface area contributed by atoms with E-state index in [0.29, 0.717) is 11.3 Å². The highest BCUT2D eigenvalue weighted by Crippen LogP contribution is 2.42. The third-order valence-corrected chi connectivity index (χ3v) is 4.67. The van der Waals surface area contributed by atoms with Gasteiger partial charge < -0.3 is 19.5 Å². The van der Waals surface area contributed by atoms with Crippen LogP contribution in [0.4, 0.5) is 0 Å². The van der Waals surface area contributed by atoms with E-state index in [1.165, 1.54) is 7.11 Å². The summed E-state index contributed by atoms with van der Waals surface area (Å²) in [6.45, 7) is 4.03. The standard InChI is InChI=1S/C22H25NO5/c1-22(2)13-16-10-14(12-18(26-3)19(16)28-22)11-17(21(25)27-4)23-20(24)15-8-6-5-7-9-15/h5-10,12,17H,11,13H2,1-4H3,(H,23,24). The highest BCUT2D eigenvalue weighted by molar-refractivity contribution is 5.96. The van der Waals surface area contributed by atoms with Crippen molar-refractivity contribution in [2.45, 2.75) is 38.3 Å². The highest BCUT2D eigenvalue weighted by Gasteiger charge is 2.33. The Balaban J connectivity index is 1.84. The minimum Gasteiger partial charge on any atom is -0.493 e. The molecule has 1 atom stereocenters. The number of hydrogen-bond acceptors (Lipinski definition) is 5. The first-order valence-corrected chi connectivity index (χ1v) is 9.15. The van der Waals surface area contributed by atoms with Crippen molar-refractivity contribution < 1.29 is 23.8 Å². The summed E-state index contributed by atoms with van der Waals surface area (Å²) in [7, 11) is 2.90. The first kappa shape index (κ1) is 19.7. The molecule has 0 bridgehead atoms. The van der Waals surface area contributed by atoms with Crippen molar-refractivity contribution in [2.75, 3.05) is 14.2 Å². The minimum atomic E-state index is -0.809. The Morgan fingerprint density at radius 1 is 1.18 bits per heavy atom. The quantitative estimate of drug-likeness (QED) is 0.777. The molecule has 1 aliphatic rings. The monoisotopic (exact) mass is 383 g/mol. The van der Waals surface area contributed by atoms with E-state index in [-0.39, 0.29) is 17.9 Å². The van der Waals surface area contributed by atoms with Crippen LogP contribution in [0.5, 0.6) is 11.5 Å². The number of esters is 1. The summed E-state index contributed by atoms with van der Waals surface area (Å²) in [5.41, 5.74) is 2.06. The number of ether oxygens (including phenoxy) is 3. The van der Waals surface area contributed by atoms with Crippen molar-refractivity contribution in [2.24, 2.45) is 0 Å².